The predicted octanol–water partition coefficient (Wildman–Crippen LogP) is 1.94. The summed E-state index contributed by atoms with van der Waals surface area (Å²) in [6, 6.07) is 0. The van der Waals surface area contributed by atoms with E-state index in [1.807, 2.05) is 0 Å². The molecule has 0 bridgehead atoms. The van der Waals surface area contributed by atoms with E-state index in [1.54, 1.807) is 18.7 Å². The van der Waals surface area contributed by atoms with Gasteiger partial charge in [-0.1, -0.05) is 19.0 Å². The minimum absolute atomic E-state index is 0.505. The van der Waals surface area contributed by atoms with Gasteiger partial charge in [0.1, 0.15) is 5.04 Å². The minimum Gasteiger partial charge on any atom is -0.410 e. The van der Waals surface area contributed by atoms with Crippen LogP contribution in [0.2, 0.25) is 0 Å². The molecule has 1 N–H and O–H groups in total. The Morgan fingerprint density at radius 3 is 2.25 bits per heavy atom. The third kappa shape index (κ3) is 3.99. The van der Waals surface area contributed by atoms with Crippen molar-refractivity contribution >= 4 is 16.8 Å². The van der Waals surface area contributed by atoms with Crippen molar-refractivity contribution in [3.05, 3.63) is 0 Å². The van der Waals surface area contributed by atoms with E-state index in [0.29, 0.717) is 5.25 Å². The fourth-order valence-corrected chi connectivity index (χ4v) is 1.09. The lowest BCUT2D eigenvalue weighted by Gasteiger charge is -1.99. The van der Waals surface area contributed by atoms with Crippen LogP contribution < -0.4 is 0 Å². The van der Waals surface area contributed by atoms with E-state index in [-0.39, 0.29) is 0 Å². The number of hydrogen-bond acceptors (Lipinski definition) is 3. The van der Waals surface area contributed by atoms with Crippen LogP contribution in [0.4, 0.5) is 0 Å². The monoisotopic (exact) mass is 133 g/mol. The highest BCUT2D eigenvalue weighted by Crippen LogP contribution is 2.10. The summed E-state index contributed by atoms with van der Waals surface area (Å²) in [4.78, 5) is 0. The number of oxime groups is 1. The first kappa shape index (κ1) is 7.82. The van der Waals surface area contributed by atoms with Gasteiger partial charge >= 0.3 is 0 Å². The van der Waals surface area contributed by atoms with E-state index in [9.17, 15) is 0 Å². The molecule has 0 radical (unpaired) electrons. The number of nitrogens with zero attached hydrogens (tertiary/aromatic N) is 1. The number of hydrogen-bond donors (Lipinski definition) is 1. The summed E-state index contributed by atoms with van der Waals surface area (Å²) in [7, 11) is 0. The van der Waals surface area contributed by atoms with Crippen LogP contribution in [0, 0.1) is 0 Å². The first-order chi connectivity index (χ1) is 3.66. The molecule has 0 spiro atoms. The largest absolute Gasteiger partial charge is 0.410 e. The van der Waals surface area contributed by atoms with Gasteiger partial charge in [-0.2, -0.15) is 0 Å². The molecule has 0 aromatic carbocycles. The lowest BCUT2D eigenvalue weighted by molar-refractivity contribution is 0.320. The van der Waals surface area contributed by atoms with Crippen LogP contribution in [0.3, 0.4) is 0 Å². The standard InChI is InChI=1S/C5H11NOS/c1-4(2)8-5(3)6-7/h4,7H,1-3H3. The minimum atomic E-state index is 0.505. The Balaban J connectivity index is 3.39. The molecular formula is C5H11NOS. The predicted molar refractivity (Wildman–Crippen MR) is 37.6 cm³/mol. The van der Waals surface area contributed by atoms with E-state index >= 15 is 0 Å². The third-order valence-electron chi connectivity index (χ3n) is 0.547. The fraction of sp³-hybridized carbons (Fsp3) is 0.800. The molecule has 0 aliphatic heterocycles. The van der Waals surface area contributed by atoms with Gasteiger partial charge in [0, 0.05) is 5.25 Å². The summed E-state index contributed by atoms with van der Waals surface area (Å²) in [6.07, 6.45) is 0. The normalized spacial score (nSPS) is 12.8. The van der Waals surface area contributed by atoms with Gasteiger partial charge in [-0.05, 0) is 6.92 Å². The average molecular weight is 133 g/mol. The van der Waals surface area contributed by atoms with E-state index in [0.717, 1.165) is 5.04 Å². The smallest absolute Gasteiger partial charge is 0.110 e. The molecule has 0 amide bonds. The molecule has 0 saturated carbocycles. The zero-order valence-corrected chi connectivity index (χ0v) is 6.20. The molecule has 0 aliphatic carbocycles. The van der Waals surface area contributed by atoms with Crippen LogP contribution in [-0.4, -0.2) is 15.5 Å². The lowest BCUT2D eigenvalue weighted by Crippen LogP contribution is -1.92. The summed E-state index contributed by atoms with van der Waals surface area (Å²) in [6.45, 7) is 5.89. The van der Waals surface area contributed by atoms with Gasteiger partial charge in [-0.25, -0.2) is 0 Å². The molecular weight excluding hydrogens is 122 g/mol. The Labute approximate surface area is 54.0 Å². The van der Waals surface area contributed by atoms with Crippen molar-refractivity contribution in [2.24, 2.45) is 5.16 Å². The highest BCUT2D eigenvalue weighted by molar-refractivity contribution is 8.14. The SMILES string of the molecule is CC(=NO)SC(C)C. The van der Waals surface area contributed by atoms with Crippen LogP contribution in [0.1, 0.15) is 20.8 Å². The van der Waals surface area contributed by atoms with Gasteiger partial charge < -0.3 is 5.21 Å². The number of rotatable bonds is 1. The highest BCUT2D eigenvalue weighted by Gasteiger charge is 1.95. The first-order valence-corrected chi connectivity index (χ1v) is 3.40. The molecule has 0 rings (SSSR count). The van der Waals surface area contributed by atoms with Gasteiger partial charge in [0.2, 0.25) is 0 Å². The van der Waals surface area contributed by atoms with Crippen LogP contribution in [0.5, 0.6) is 0 Å². The van der Waals surface area contributed by atoms with Crippen molar-refractivity contribution in [2.75, 3.05) is 0 Å². The van der Waals surface area contributed by atoms with Crippen molar-refractivity contribution in [1.82, 2.24) is 0 Å². The molecule has 2 nitrogen and oxygen atoms in total. The highest BCUT2D eigenvalue weighted by atomic mass is 32.2. The van der Waals surface area contributed by atoms with E-state index in [2.05, 4.69) is 19.0 Å². The summed E-state index contributed by atoms with van der Waals surface area (Å²) in [5.41, 5.74) is 0. The molecule has 0 heterocycles. The molecule has 0 fully saturated rings. The summed E-state index contributed by atoms with van der Waals surface area (Å²) in [5.74, 6) is 0. The van der Waals surface area contributed by atoms with Crippen LogP contribution >= 0.6 is 11.8 Å². The van der Waals surface area contributed by atoms with Gasteiger partial charge in [0.25, 0.3) is 0 Å². The topological polar surface area (TPSA) is 32.6 Å². The molecule has 0 unspecified atom stereocenters. The first-order valence-electron chi connectivity index (χ1n) is 2.52. The van der Waals surface area contributed by atoms with Crippen LogP contribution in [0.25, 0.3) is 0 Å². The van der Waals surface area contributed by atoms with Crippen molar-refractivity contribution in [3.8, 4) is 0 Å². The molecule has 3 heteroatoms. The van der Waals surface area contributed by atoms with Crippen LogP contribution in [0.15, 0.2) is 5.16 Å². The van der Waals surface area contributed by atoms with Crippen molar-refractivity contribution < 1.29 is 5.21 Å². The molecule has 48 valence electrons. The average Bonchev–Trinajstić information content (AvgIpc) is 1.65. The number of thioether (sulfide) groups is 1. The molecule has 0 saturated heterocycles. The summed E-state index contributed by atoms with van der Waals surface area (Å²) >= 11 is 1.55. The van der Waals surface area contributed by atoms with E-state index in [4.69, 9.17) is 5.21 Å². The Morgan fingerprint density at radius 2 is 2.12 bits per heavy atom. The second-order valence-corrected chi connectivity index (χ2v) is 3.55. The summed E-state index contributed by atoms with van der Waals surface area (Å²) < 4.78 is 0. The maximum absolute atomic E-state index is 8.15. The second kappa shape index (κ2) is 3.78. The Kier molecular flexibility index (Phi) is 3.69. The lowest BCUT2D eigenvalue weighted by atomic mass is 10.6. The Morgan fingerprint density at radius 1 is 1.62 bits per heavy atom. The quantitative estimate of drug-likeness (QED) is 0.256. The zero-order chi connectivity index (χ0) is 6.57. The maximum atomic E-state index is 8.15. The Hall–Kier alpha value is -0.180. The van der Waals surface area contributed by atoms with Gasteiger partial charge in [0.15, 0.2) is 0 Å². The van der Waals surface area contributed by atoms with Crippen molar-refractivity contribution in [1.29, 1.82) is 0 Å². The molecule has 8 heavy (non-hydrogen) atoms. The van der Waals surface area contributed by atoms with Gasteiger partial charge in [-0.3, -0.25) is 0 Å². The fourth-order valence-electron chi connectivity index (χ4n) is 0.365. The second-order valence-electron chi connectivity index (χ2n) is 1.79. The van der Waals surface area contributed by atoms with Crippen molar-refractivity contribution in [2.45, 2.75) is 26.0 Å². The summed E-state index contributed by atoms with van der Waals surface area (Å²) in [5, 5.41) is 12.4. The Bertz CT molecular complexity index is 90.4. The van der Waals surface area contributed by atoms with E-state index < -0.39 is 0 Å². The van der Waals surface area contributed by atoms with E-state index in [1.165, 1.54) is 0 Å². The zero-order valence-electron chi connectivity index (χ0n) is 5.38. The van der Waals surface area contributed by atoms with Gasteiger partial charge in [0.05, 0.1) is 0 Å². The molecule has 0 atom stereocenters. The van der Waals surface area contributed by atoms with Gasteiger partial charge in [-0.15, -0.1) is 11.8 Å². The molecule has 0 aliphatic rings. The van der Waals surface area contributed by atoms with Crippen molar-refractivity contribution in [3.63, 3.8) is 0 Å². The third-order valence-corrected chi connectivity index (χ3v) is 1.44. The molecule has 0 aromatic rings. The maximum Gasteiger partial charge on any atom is 0.110 e. The molecule has 0 aromatic heterocycles. The van der Waals surface area contributed by atoms with Crippen LogP contribution in [-0.2, 0) is 0 Å².